The van der Waals surface area contributed by atoms with E-state index < -0.39 is 8.25 Å². The van der Waals surface area contributed by atoms with Crippen LogP contribution in [0.1, 0.15) is 13.8 Å². The molecule has 98 valence electrons. The lowest BCUT2D eigenvalue weighted by atomic mass is 10.4. The highest BCUT2D eigenvalue weighted by Gasteiger charge is 2.13. The molecule has 0 saturated carbocycles. The molecule has 0 amide bonds. The quantitative estimate of drug-likeness (QED) is 0.440. The smallest absolute Gasteiger partial charge is 0.309 e. The van der Waals surface area contributed by atoms with Crippen LogP contribution < -0.4 is 0 Å². The van der Waals surface area contributed by atoms with Crippen LogP contribution in [-0.2, 0) is 13.6 Å². The van der Waals surface area contributed by atoms with Gasteiger partial charge in [0, 0.05) is 32.3 Å². The lowest BCUT2D eigenvalue weighted by Crippen LogP contribution is -2.21. The van der Waals surface area contributed by atoms with E-state index >= 15 is 0 Å². The van der Waals surface area contributed by atoms with Gasteiger partial charge < -0.3 is 9.05 Å². The van der Waals surface area contributed by atoms with Crippen LogP contribution in [0.25, 0.3) is 0 Å². The summed E-state index contributed by atoms with van der Waals surface area (Å²) in [5.41, 5.74) is 0. The van der Waals surface area contributed by atoms with Gasteiger partial charge >= 0.3 is 8.25 Å². The molecule has 5 nitrogen and oxygen atoms in total. The first kappa shape index (κ1) is 17.6. The van der Waals surface area contributed by atoms with E-state index in [0.29, 0.717) is 0 Å². The zero-order valence-corrected chi connectivity index (χ0v) is 14.4. The first-order chi connectivity index (χ1) is 7.34. The third-order valence-electron chi connectivity index (χ3n) is 1.55. The van der Waals surface area contributed by atoms with Crippen molar-refractivity contribution in [3.8, 4) is 0 Å². The molecule has 0 aliphatic rings. The Morgan fingerprint density at radius 3 is 1.69 bits per heavy atom. The van der Waals surface area contributed by atoms with Crippen LogP contribution in [0.5, 0.6) is 0 Å². The Hall–Kier alpha value is 1.61. The molecule has 0 rings (SSSR count). The molecule has 16 heavy (non-hydrogen) atoms. The largest absolute Gasteiger partial charge is 0.319 e. The minimum absolute atomic E-state index is 0.114. The molecule has 0 saturated heterocycles. The van der Waals surface area contributed by atoms with Crippen molar-refractivity contribution in [1.82, 2.24) is 6.89 Å². The van der Waals surface area contributed by atoms with Crippen molar-refractivity contribution in [2.45, 2.75) is 25.9 Å². The Morgan fingerprint density at radius 2 is 1.44 bits per heavy atom. The monoisotopic (exact) mass is 420 g/mol. The maximum atomic E-state index is 11.3. The maximum Gasteiger partial charge on any atom is 0.319 e. The number of hydrogen-bond donors (Lipinski definition) is 0. The van der Waals surface area contributed by atoms with Gasteiger partial charge in [0.15, 0.2) is 0 Å². The van der Waals surface area contributed by atoms with Gasteiger partial charge in [0.25, 0.3) is 0 Å². The van der Waals surface area contributed by atoms with Crippen LogP contribution in [-0.4, -0.2) is 32.2 Å². The van der Waals surface area contributed by atoms with Gasteiger partial charge in [-0.25, -0.2) is 0 Å². The SMILES string of the molecule is CC(CO[PH](=O)OCC(C)N(Cl)Br)N(Cl)Br. The zero-order chi connectivity index (χ0) is 12.7. The predicted molar refractivity (Wildman–Crippen MR) is 73.1 cm³/mol. The lowest BCUT2D eigenvalue weighted by Gasteiger charge is -2.16. The Morgan fingerprint density at radius 1 is 1.12 bits per heavy atom. The van der Waals surface area contributed by atoms with Crippen molar-refractivity contribution in [3.05, 3.63) is 0 Å². The first-order valence-corrected chi connectivity index (χ1v) is 7.67. The molecule has 0 aliphatic heterocycles. The first-order valence-electron chi connectivity index (χ1n) is 4.35. The molecule has 2 atom stereocenters. The Balaban J connectivity index is 3.67. The summed E-state index contributed by atoms with van der Waals surface area (Å²) in [7, 11) is -2.51. The standard InChI is InChI=1S/C6H13Br2Cl2N2O3P/c1-5(11(7)9)3-14-16(13)15-4-6(2)12(8)10/h5-6,16H,3-4H2,1-2H3. The Bertz CT molecular complexity index is 206. The molecule has 0 spiro atoms. The molecule has 0 heterocycles. The highest BCUT2D eigenvalue weighted by Crippen LogP contribution is 2.26. The molecule has 10 heteroatoms. The summed E-state index contributed by atoms with van der Waals surface area (Å²) in [5, 5.41) is 0. The van der Waals surface area contributed by atoms with Gasteiger partial charge in [-0.05, 0) is 37.4 Å². The fraction of sp³-hybridized carbons (Fsp3) is 1.00. The van der Waals surface area contributed by atoms with Crippen molar-refractivity contribution in [2.24, 2.45) is 0 Å². The van der Waals surface area contributed by atoms with E-state index in [1.54, 1.807) is 13.8 Å². The van der Waals surface area contributed by atoms with Crippen molar-refractivity contribution in [1.29, 1.82) is 0 Å². The van der Waals surface area contributed by atoms with Crippen LogP contribution in [0.2, 0.25) is 0 Å². The van der Waals surface area contributed by atoms with Crippen LogP contribution >= 0.6 is 64.1 Å². The van der Waals surface area contributed by atoms with Gasteiger partial charge in [0.05, 0.1) is 25.3 Å². The number of nitrogens with zero attached hydrogens (tertiary/aromatic N) is 2. The van der Waals surface area contributed by atoms with E-state index in [1.165, 1.54) is 6.89 Å². The van der Waals surface area contributed by atoms with Gasteiger partial charge in [0.2, 0.25) is 0 Å². The van der Waals surface area contributed by atoms with Crippen LogP contribution in [0, 0.1) is 0 Å². The molecule has 0 fully saturated rings. The second-order valence-corrected chi connectivity index (χ2v) is 7.24. The summed E-state index contributed by atoms with van der Waals surface area (Å²) in [6, 6.07) is -0.227. The van der Waals surface area contributed by atoms with Crippen LogP contribution in [0.4, 0.5) is 0 Å². The average molecular weight is 423 g/mol. The third kappa shape index (κ3) is 8.66. The van der Waals surface area contributed by atoms with Crippen LogP contribution in [0.15, 0.2) is 0 Å². The number of hydrogen-bond acceptors (Lipinski definition) is 5. The van der Waals surface area contributed by atoms with Crippen molar-refractivity contribution < 1.29 is 13.6 Å². The summed E-state index contributed by atoms with van der Waals surface area (Å²) in [4.78, 5) is 0. The predicted octanol–water partition coefficient (Wildman–Crippen LogP) is 3.72. The average Bonchev–Trinajstić information content (AvgIpc) is 2.21. The third-order valence-corrected chi connectivity index (χ3v) is 4.42. The van der Waals surface area contributed by atoms with E-state index in [0.717, 1.165) is 0 Å². The van der Waals surface area contributed by atoms with Crippen LogP contribution in [0.3, 0.4) is 0 Å². The van der Waals surface area contributed by atoms with E-state index in [2.05, 4.69) is 32.3 Å². The Kier molecular flexibility index (Phi) is 10.5. The summed E-state index contributed by atoms with van der Waals surface area (Å²) >= 11 is 17.2. The van der Waals surface area contributed by atoms with E-state index in [9.17, 15) is 4.57 Å². The summed E-state index contributed by atoms with van der Waals surface area (Å²) in [5.74, 6) is 0. The summed E-state index contributed by atoms with van der Waals surface area (Å²) in [6.07, 6.45) is 0. The van der Waals surface area contributed by atoms with Crippen molar-refractivity contribution >= 4 is 64.1 Å². The molecule has 2 unspecified atom stereocenters. The topological polar surface area (TPSA) is 42.0 Å². The molecule has 0 aromatic carbocycles. The fourth-order valence-corrected chi connectivity index (χ4v) is 1.72. The highest BCUT2D eigenvalue weighted by molar-refractivity contribution is 9.08. The van der Waals surface area contributed by atoms with Gasteiger partial charge in [-0.2, -0.15) is 0 Å². The maximum absolute atomic E-state index is 11.3. The summed E-state index contributed by atoms with van der Waals surface area (Å²) in [6.45, 7) is 4.02. The van der Waals surface area contributed by atoms with Gasteiger partial charge in [-0.3, -0.25) is 4.57 Å². The second kappa shape index (κ2) is 9.53. The highest BCUT2D eigenvalue weighted by atomic mass is 79.9. The molecule has 0 aromatic heterocycles. The van der Waals surface area contributed by atoms with Crippen molar-refractivity contribution in [3.63, 3.8) is 0 Å². The summed E-state index contributed by atoms with van der Waals surface area (Å²) < 4.78 is 23.8. The number of rotatable bonds is 8. The van der Waals surface area contributed by atoms with E-state index in [-0.39, 0.29) is 25.3 Å². The Labute approximate surface area is 123 Å². The van der Waals surface area contributed by atoms with Crippen molar-refractivity contribution in [2.75, 3.05) is 13.2 Å². The number of halogens is 4. The molecule has 0 aromatic rings. The molecule has 0 radical (unpaired) electrons. The normalized spacial score (nSPS) is 17.8. The molecule has 0 N–H and O–H groups in total. The van der Waals surface area contributed by atoms with Gasteiger partial charge in [0.1, 0.15) is 0 Å². The fourth-order valence-electron chi connectivity index (χ4n) is 0.532. The second-order valence-electron chi connectivity index (χ2n) is 3.09. The molecular formula is C6H13Br2Cl2N2O3P. The molecular weight excluding hydrogens is 410 g/mol. The lowest BCUT2D eigenvalue weighted by molar-refractivity contribution is 0.191. The molecule has 0 bridgehead atoms. The van der Waals surface area contributed by atoms with Gasteiger partial charge in [-0.15, -0.1) is 6.89 Å². The van der Waals surface area contributed by atoms with E-state index in [4.69, 9.17) is 32.6 Å². The molecule has 0 aliphatic carbocycles. The minimum Gasteiger partial charge on any atom is -0.309 e. The van der Waals surface area contributed by atoms with E-state index in [1.807, 2.05) is 0 Å². The minimum atomic E-state index is -2.51. The van der Waals surface area contributed by atoms with Gasteiger partial charge in [-0.1, -0.05) is 0 Å². The zero-order valence-electron chi connectivity index (χ0n) is 8.70.